The topological polar surface area (TPSA) is 46.6 Å². The van der Waals surface area contributed by atoms with Crippen molar-refractivity contribution in [2.24, 2.45) is 23.7 Å². The summed E-state index contributed by atoms with van der Waals surface area (Å²) >= 11 is 0. The van der Waals surface area contributed by atoms with Crippen molar-refractivity contribution in [1.29, 1.82) is 0 Å². The fourth-order valence-corrected chi connectivity index (χ4v) is 3.89. The summed E-state index contributed by atoms with van der Waals surface area (Å²) in [5, 5.41) is 0. The molecule has 0 N–H and O–H groups in total. The molecule has 0 radical (unpaired) electrons. The highest BCUT2D eigenvalue weighted by Gasteiger charge is 2.59. The van der Waals surface area contributed by atoms with Crippen LogP contribution >= 0.6 is 0 Å². The molecule has 1 saturated carbocycles. The lowest BCUT2D eigenvalue weighted by Gasteiger charge is -2.17. The van der Waals surface area contributed by atoms with Gasteiger partial charge in [0, 0.05) is 0 Å². The van der Waals surface area contributed by atoms with E-state index >= 15 is 0 Å². The Morgan fingerprint density at radius 1 is 1.00 bits per heavy atom. The zero-order valence-corrected chi connectivity index (χ0v) is 11.2. The normalized spacial score (nSPS) is 34.0. The van der Waals surface area contributed by atoms with Crippen molar-refractivity contribution >= 4 is 17.5 Å². The van der Waals surface area contributed by atoms with Crippen molar-refractivity contribution in [2.45, 2.75) is 6.42 Å². The molecule has 1 saturated heterocycles. The molecule has 4 atom stereocenters. The Bertz CT molecular complexity index is 589. The third kappa shape index (κ3) is 1.36. The minimum atomic E-state index is -0.139. The average Bonchev–Trinajstić information content (AvgIpc) is 3.14. The molecule has 1 heterocycles. The highest BCUT2D eigenvalue weighted by atomic mass is 16.5. The Morgan fingerprint density at radius 2 is 1.55 bits per heavy atom. The molecule has 4 rings (SSSR count). The standard InChI is InChI=1S/C16H15NO3/c1-20-12-6-4-11(5-7-12)17-15(18)13-9-2-3-10(8-9)14(13)16(17)19/h2-7,9-10,13-14H,8H2,1H3/t9-,10+,13-,14-/m0/s1. The molecular weight excluding hydrogens is 254 g/mol. The van der Waals surface area contributed by atoms with Crippen LogP contribution in [0.2, 0.25) is 0 Å². The molecular formula is C16H15NO3. The van der Waals surface area contributed by atoms with Gasteiger partial charge in [-0.2, -0.15) is 0 Å². The van der Waals surface area contributed by atoms with Gasteiger partial charge in [0.25, 0.3) is 0 Å². The summed E-state index contributed by atoms with van der Waals surface area (Å²) in [4.78, 5) is 26.5. The van der Waals surface area contributed by atoms with Crippen molar-refractivity contribution < 1.29 is 14.3 Å². The molecule has 102 valence electrons. The lowest BCUT2D eigenvalue weighted by Crippen LogP contribution is -2.32. The van der Waals surface area contributed by atoms with Gasteiger partial charge in [0.15, 0.2) is 0 Å². The number of allylic oxidation sites excluding steroid dienone is 2. The predicted octanol–water partition coefficient (Wildman–Crippen LogP) is 2.01. The van der Waals surface area contributed by atoms with E-state index in [1.165, 1.54) is 4.90 Å². The molecule has 20 heavy (non-hydrogen) atoms. The number of imide groups is 1. The summed E-state index contributed by atoms with van der Waals surface area (Å²) in [6.45, 7) is 0. The lowest BCUT2D eigenvalue weighted by atomic mass is 9.85. The molecule has 4 heteroatoms. The van der Waals surface area contributed by atoms with Crippen LogP contribution in [0, 0.1) is 23.7 Å². The zero-order chi connectivity index (χ0) is 13.9. The van der Waals surface area contributed by atoms with Crippen LogP contribution in [0.1, 0.15) is 6.42 Å². The van der Waals surface area contributed by atoms with Gasteiger partial charge in [-0.25, -0.2) is 0 Å². The van der Waals surface area contributed by atoms with Crippen LogP contribution in [0.5, 0.6) is 5.75 Å². The fourth-order valence-electron chi connectivity index (χ4n) is 3.89. The van der Waals surface area contributed by atoms with E-state index in [2.05, 4.69) is 12.2 Å². The fraction of sp³-hybridized carbons (Fsp3) is 0.375. The Hall–Kier alpha value is -2.10. The summed E-state index contributed by atoms with van der Waals surface area (Å²) in [5.41, 5.74) is 0.648. The van der Waals surface area contributed by atoms with Crippen molar-refractivity contribution in [3.05, 3.63) is 36.4 Å². The molecule has 2 amide bonds. The van der Waals surface area contributed by atoms with Crippen molar-refractivity contribution in [3.8, 4) is 5.75 Å². The van der Waals surface area contributed by atoms with E-state index in [0.717, 1.165) is 12.2 Å². The van der Waals surface area contributed by atoms with Gasteiger partial charge in [-0.15, -0.1) is 0 Å². The highest BCUT2D eigenvalue weighted by molar-refractivity contribution is 6.22. The highest BCUT2D eigenvalue weighted by Crippen LogP contribution is 2.53. The van der Waals surface area contributed by atoms with Crippen LogP contribution < -0.4 is 9.64 Å². The number of nitrogens with zero attached hydrogens (tertiary/aromatic N) is 1. The van der Waals surface area contributed by atoms with Crippen LogP contribution in [-0.2, 0) is 9.59 Å². The van der Waals surface area contributed by atoms with Crippen LogP contribution in [0.25, 0.3) is 0 Å². The number of hydrogen-bond donors (Lipinski definition) is 0. The molecule has 3 aliphatic rings. The first-order valence-electron chi connectivity index (χ1n) is 6.91. The van der Waals surface area contributed by atoms with E-state index in [4.69, 9.17) is 4.74 Å². The number of carbonyl (C=O) groups is 2. The Labute approximate surface area is 117 Å². The van der Waals surface area contributed by atoms with Crippen LogP contribution in [-0.4, -0.2) is 18.9 Å². The molecule has 2 bridgehead atoms. The van der Waals surface area contributed by atoms with E-state index in [1.807, 2.05) is 0 Å². The minimum absolute atomic E-state index is 0.0398. The van der Waals surface area contributed by atoms with Gasteiger partial charge in [-0.1, -0.05) is 12.2 Å². The number of ether oxygens (including phenoxy) is 1. The number of fused-ring (bicyclic) bond motifs is 5. The van der Waals surface area contributed by atoms with Crippen LogP contribution in [0.15, 0.2) is 36.4 Å². The van der Waals surface area contributed by atoms with E-state index < -0.39 is 0 Å². The maximum Gasteiger partial charge on any atom is 0.238 e. The van der Waals surface area contributed by atoms with Gasteiger partial charge in [0.05, 0.1) is 24.6 Å². The second-order valence-electron chi connectivity index (χ2n) is 5.71. The van der Waals surface area contributed by atoms with E-state index in [-0.39, 0.29) is 35.5 Å². The Balaban J connectivity index is 1.70. The third-order valence-corrected chi connectivity index (χ3v) is 4.80. The van der Waals surface area contributed by atoms with Gasteiger partial charge in [0.2, 0.25) is 11.8 Å². The second kappa shape index (κ2) is 3.95. The third-order valence-electron chi connectivity index (χ3n) is 4.80. The molecule has 0 spiro atoms. The summed E-state index contributed by atoms with van der Waals surface area (Å²) in [5.74, 6) is 0.868. The summed E-state index contributed by atoms with van der Waals surface area (Å²) < 4.78 is 5.11. The SMILES string of the molecule is COc1ccc(N2C(=O)[C@@H]3[C@@H](C2=O)[C@H]2C=C[C@@H]3C2)cc1. The van der Waals surface area contributed by atoms with E-state index in [1.54, 1.807) is 31.4 Å². The van der Waals surface area contributed by atoms with Crippen LogP contribution in [0.4, 0.5) is 5.69 Å². The molecule has 4 nitrogen and oxygen atoms in total. The number of anilines is 1. The van der Waals surface area contributed by atoms with Gasteiger partial charge < -0.3 is 4.74 Å². The molecule has 2 aliphatic carbocycles. The molecule has 1 aromatic carbocycles. The monoisotopic (exact) mass is 269 g/mol. The quantitative estimate of drug-likeness (QED) is 0.609. The van der Waals surface area contributed by atoms with Crippen molar-refractivity contribution in [2.75, 3.05) is 12.0 Å². The van der Waals surface area contributed by atoms with Gasteiger partial charge in [0.1, 0.15) is 5.75 Å². The maximum atomic E-state index is 12.6. The first-order valence-corrected chi connectivity index (χ1v) is 6.91. The summed E-state index contributed by atoms with van der Waals surface area (Å²) in [7, 11) is 1.59. The number of rotatable bonds is 2. The first-order chi connectivity index (χ1) is 9.70. The first kappa shape index (κ1) is 11.7. The molecule has 1 aromatic rings. The molecule has 0 unspecified atom stereocenters. The largest absolute Gasteiger partial charge is 0.497 e. The number of methoxy groups -OCH3 is 1. The number of benzene rings is 1. The van der Waals surface area contributed by atoms with Gasteiger partial charge in [-0.3, -0.25) is 14.5 Å². The number of amides is 2. The zero-order valence-electron chi connectivity index (χ0n) is 11.2. The predicted molar refractivity (Wildman–Crippen MR) is 73.2 cm³/mol. The maximum absolute atomic E-state index is 12.6. The molecule has 2 fully saturated rings. The lowest BCUT2D eigenvalue weighted by molar-refractivity contribution is -0.123. The van der Waals surface area contributed by atoms with Gasteiger partial charge in [-0.05, 0) is 42.5 Å². The second-order valence-corrected chi connectivity index (χ2v) is 5.71. The van der Waals surface area contributed by atoms with Crippen molar-refractivity contribution in [3.63, 3.8) is 0 Å². The average molecular weight is 269 g/mol. The summed E-state index contributed by atoms with van der Waals surface area (Å²) in [6, 6.07) is 7.09. The van der Waals surface area contributed by atoms with Crippen LogP contribution in [0.3, 0.4) is 0 Å². The van der Waals surface area contributed by atoms with E-state index in [0.29, 0.717) is 5.69 Å². The summed E-state index contributed by atoms with van der Waals surface area (Å²) in [6.07, 6.45) is 5.17. The number of carbonyl (C=O) groups excluding carboxylic acids is 2. The van der Waals surface area contributed by atoms with E-state index in [9.17, 15) is 9.59 Å². The van der Waals surface area contributed by atoms with Crippen molar-refractivity contribution in [1.82, 2.24) is 0 Å². The number of hydrogen-bond acceptors (Lipinski definition) is 3. The molecule has 1 aliphatic heterocycles. The smallest absolute Gasteiger partial charge is 0.238 e. The molecule has 0 aromatic heterocycles. The van der Waals surface area contributed by atoms with Gasteiger partial charge >= 0.3 is 0 Å². The Morgan fingerprint density at radius 3 is 2.05 bits per heavy atom. The minimum Gasteiger partial charge on any atom is -0.497 e. The Kier molecular flexibility index (Phi) is 2.31.